The lowest BCUT2D eigenvalue weighted by Gasteiger charge is -2.23. The van der Waals surface area contributed by atoms with E-state index in [1.165, 1.54) is 11.1 Å². The molecule has 0 heterocycles. The Morgan fingerprint density at radius 1 is 0.762 bits per heavy atom. The van der Waals surface area contributed by atoms with Gasteiger partial charge in [-0.1, -0.05) is 60.7 Å². The molecule has 0 aliphatic carbocycles. The van der Waals surface area contributed by atoms with Gasteiger partial charge in [-0.3, -0.25) is 0 Å². The van der Waals surface area contributed by atoms with Crippen molar-refractivity contribution in [1.29, 1.82) is 0 Å². The summed E-state index contributed by atoms with van der Waals surface area (Å²) in [6.07, 6.45) is 0. The van der Waals surface area contributed by atoms with Gasteiger partial charge >= 0.3 is 9.28 Å². The lowest BCUT2D eigenvalue weighted by Crippen LogP contribution is -2.25. The third-order valence-corrected chi connectivity index (χ3v) is 5.80. The molecule has 2 aromatic rings. The molecular formula is C18H24O2Si. The summed E-state index contributed by atoms with van der Waals surface area (Å²) in [6, 6.07) is 22.3. The lowest BCUT2D eigenvalue weighted by molar-refractivity contribution is 0.212. The Hall–Kier alpha value is -1.42. The first-order valence-electron chi connectivity index (χ1n) is 7.68. The normalized spacial score (nSPS) is 11.2. The van der Waals surface area contributed by atoms with E-state index in [0.717, 1.165) is 19.3 Å². The van der Waals surface area contributed by atoms with E-state index < -0.39 is 9.28 Å². The average molecular weight is 300 g/mol. The second-order valence-corrected chi connectivity index (χ2v) is 6.95. The Kier molecular flexibility index (Phi) is 6.67. The molecule has 2 rings (SSSR count). The van der Waals surface area contributed by atoms with Gasteiger partial charge in [-0.15, -0.1) is 0 Å². The number of rotatable bonds is 8. The summed E-state index contributed by atoms with van der Waals surface area (Å²) in [6.45, 7) is 5.54. The van der Waals surface area contributed by atoms with E-state index in [9.17, 15) is 0 Å². The zero-order valence-corrected chi connectivity index (χ0v) is 14.0. The van der Waals surface area contributed by atoms with Crippen molar-refractivity contribution in [2.24, 2.45) is 0 Å². The van der Waals surface area contributed by atoms with Crippen molar-refractivity contribution in [2.45, 2.75) is 25.8 Å². The van der Waals surface area contributed by atoms with Gasteiger partial charge in [0.2, 0.25) is 0 Å². The van der Waals surface area contributed by atoms with E-state index in [1.807, 2.05) is 13.8 Å². The summed E-state index contributed by atoms with van der Waals surface area (Å²) in [7, 11) is -1.63. The van der Waals surface area contributed by atoms with Crippen LogP contribution in [-0.4, -0.2) is 22.5 Å². The fourth-order valence-corrected chi connectivity index (χ4v) is 4.62. The highest BCUT2D eigenvalue weighted by Gasteiger charge is 2.22. The Bertz CT molecular complexity index is 456. The highest BCUT2D eigenvalue weighted by atomic mass is 28.3. The van der Waals surface area contributed by atoms with Gasteiger partial charge in [-0.25, -0.2) is 0 Å². The predicted molar refractivity (Wildman–Crippen MR) is 89.9 cm³/mol. The molecule has 0 saturated carbocycles. The Morgan fingerprint density at radius 2 is 1.19 bits per heavy atom. The minimum Gasteiger partial charge on any atom is -0.397 e. The fourth-order valence-electron chi connectivity index (χ4n) is 2.58. The molecule has 0 saturated heterocycles. The highest BCUT2D eigenvalue weighted by Crippen LogP contribution is 2.30. The molecule has 2 aromatic carbocycles. The van der Waals surface area contributed by atoms with Crippen LogP contribution in [-0.2, 0) is 8.85 Å². The van der Waals surface area contributed by atoms with Gasteiger partial charge in [0, 0.05) is 19.1 Å². The topological polar surface area (TPSA) is 18.5 Å². The van der Waals surface area contributed by atoms with Crippen LogP contribution >= 0.6 is 0 Å². The molecule has 0 atom stereocenters. The molecule has 3 heteroatoms. The molecule has 0 unspecified atom stereocenters. The summed E-state index contributed by atoms with van der Waals surface area (Å²) < 4.78 is 11.7. The molecule has 0 bridgehead atoms. The minimum atomic E-state index is -1.63. The summed E-state index contributed by atoms with van der Waals surface area (Å²) in [5.41, 5.74) is 2.67. The van der Waals surface area contributed by atoms with Crippen LogP contribution in [0.2, 0.25) is 6.04 Å². The zero-order valence-electron chi connectivity index (χ0n) is 12.9. The summed E-state index contributed by atoms with van der Waals surface area (Å²) in [5, 5.41) is 0. The Morgan fingerprint density at radius 3 is 1.57 bits per heavy atom. The fraction of sp³-hybridized carbons (Fsp3) is 0.333. The predicted octanol–water partition coefficient (Wildman–Crippen LogP) is 4.11. The zero-order chi connectivity index (χ0) is 14.9. The average Bonchev–Trinajstić information content (AvgIpc) is 2.54. The maximum Gasteiger partial charge on any atom is 0.322 e. The van der Waals surface area contributed by atoms with Crippen molar-refractivity contribution in [2.75, 3.05) is 13.2 Å². The molecule has 0 fully saturated rings. The molecular weight excluding hydrogens is 276 g/mol. The highest BCUT2D eigenvalue weighted by molar-refractivity contribution is 6.44. The van der Waals surface area contributed by atoms with Crippen molar-refractivity contribution in [3.63, 3.8) is 0 Å². The van der Waals surface area contributed by atoms with Gasteiger partial charge in [-0.05, 0) is 31.0 Å². The second kappa shape index (κ2) is 8.77. The van der Waals surface area contributed by atoms with Gasteiger partial charge in [-0.2, -0.15) is 0 Å². The van der Waals surface area contributed by atoms with Crippen LogP contribution in [0, 0.1) is 0 Å². The molecule has 0 radical (unpaired) electrons. The first-order valence-corrected chi connectivity index (χ1v) is 9.44. The first-order chi connectivity index (χ1) is 10.3. The summed E-state index contributed by atoms with van der Waals surface area (Å²) >= 11 is 0. The van der Waals surface area contributed by atoms with Crippen molar-refractivity contribution in [3.05, 3.63) is 71.8 Å². The largest absolute Gasteiger partial charge is 0.397 e. The van der Waals surface area contributed by atoms with E-state index >= 15 is 0 Å². The van der Waals surface area contributed by atoms with E-state index in [1.54, 1.807) is 0 Å². The van der Waals surface area contributed by atoms with Crippen LogP contribution in [0.15, 0.2) is 60.7 Å². The molecule has 0 N–H and O–H groups in total. The Balaban J connectivity index is 2.24. The maximum absolute atomic E-state index is 5.87. The third-order valence-electron chi connectivity index (χ3n) is 3.54. The van der Waals surface area contributed by atoms with Gasteiger partial charge < -0.3 is 8.85 Å². The van der Waals surface area contributed by atoms with Crippen LogP contribution in [0.4, 0.5) is 0 Å². The standard InChI is InChI=1S/C18H24O2Si/c1-3-19-21(20-4-2)15-18(16-11-7-5-8-12-16)17-13-9-6-10-14-17/h5-14,18,21H,3-4,15H2,1-2H3. The first kappa shape index (κ1) is 16.0. The number of hydrogen-bond donors (Lipinski definition) is 0. The number of benzene rings is 2. The van der Waals surface area contributed by atoms with Crippen LogP contribution in [0.25, 0.3) is 0 Å². The Labute approximate surface area is 129 Å². The summed E-state index contributed by atoms with van der Waals surface area (Å²) in [5.74, 6) is 0.349. The number of hydrogen-bond acceptors (Lipinski definition) is 2. The maximum atomic E-state index is 5.87. The van der Waals surface area contributed by atoms with E-state index in [4.69, 9.17) is 8.85 Å². The van der Waals surface area contributed by atoms with Gasteiger partial charge in [0.25, 0.3) is 0 Å². The van der Waals surface area contributed by atoms with Crippen molar-refractivity contribution < 1.29 is 8.85 Å². The molecule has 0 spiro atoms. The molecule has 0 aliphatic rings. The van der Waals surface area contributed by atoms with Crippen molar-refractivity contribution in [3.8, 4) is 0 Å². The smallest absolute Gasteiger partial charge is 0.322 e. The second-order valence-electron chi connectivity index (χ2n) is 4.95. The van der Waals surface area contributed by atoms with Gasteiger partial charge in [0.15, 0.2) is 0 Å². The van der Waals surface area contributed by atoms with Crippen LogP contribution in [0.3, 0.4) is 0 Å². The quantitative estimate of drug-likeness (QED) is 0.683. The van der Waals surface area contributed by atoms with E-state index in [-0.39, 0.29) is 0 Å². The SMILES string of the molecule is CCO[SiH](CC(c1ccccc1)c1ccccc1)OCC. The van der Waals surface area contributed by atoms with Crippen molar-refractivity contribution in [1.82, 2.24) is 0 Å². The van der Waals surface area contributed by atoms with Crippen LogP contribution in [0.1, 0.15) is 30.9 Å². The van der Waals surface area contributed by atoms with Crippen molar-refractivity contribution >= 4 is 9.28 Å². The molecule has 112 valence electrons. The van der Waals surface area contributed by atoms with Gasteiger partial charge in [0.1, 0.15) is 0 Å². The third kappa shape index (κ3) is 4.81. The molecule has 0 aromatic heterocycles. The van der Waals surface area contributed by atoms with Crippen LogP contribution < -0.4 is 0 Å². The monoisotopic (exact) mass is 300 g/mol. The minimum absolute atomic E-state index is 0.349. The van der Waals surface area contributed by atoms with E-state index in [2.05, 4.69) is 60.7 Å². The van der Waals surface area contributed by atoms with Gasteiger partial charge in [0.05, 0.1) is 0 Å². The van der Waals surface area contributed by atoms with E-state index in [0.29, 0.717) is 5.92 Å². The van der Waals surface area contributed by atoms with Crippen LogP contribution in [0.5, 0.6) is 0 Å². The molecule has 21 heavy (non-hydrogen) atoms. The molecule has 0 aliphatic heterocycles. The lowest BCUT2D eigenvalue weighted by atomic mass is 9.93. The summed E-state index contributed by atoms with van der Waals surface area (Å²) in [4.78, 5) is 0. The molecule has 2 nitrogen and oxygen atoms in total. The molecule has 0 amide bonds.